The van der Waals surface area contributed by atoms with E-state index in [1.165, 1.54) is 0 Å². The summed E-state index contributed by atoms with van der Waals surface area (Å²) < 4.78 is 12.4. The Morgan fingerprint density at radius 3 is 2.50 bits per heavy atom. The minimum absolute atomic E-state index is 0.509. The predicted octanol–water partition coefficient (Wildman–Crippen LogP) is 3.90. The molecule has 0 bridgehead atoms. The monoisotopic (exact) mass is 347 g/mol. The quantitative estimate of drug-likeness (QED) is 0.758. The highest BCUT2D eigenvalue weighted by atomic mass is 79.9. The number of halogens is 2. The van der Waals surface area contributed by atoms with E-state index in [9.17, 15) is 0 Å². The minimum atomic E-state index is 0.509. The van der Waals surface area contributed by atoms with Gasteiger partial charge in [-0.25, -0.2) is 0 Å². The molecule has 0 unspecified atom stereocenters. The predicted molar refractivity (Wildman–Crippen MR) is 68.7 cm³/mol. The molecule has 1 aromatic carbocycles. The Labute approximate surface area is 112 Å². The molecule has 0 aliphatic carbocycles. The first-order chi connectivity index (χ1) is 7.69. The molecule has 0 amide bonds. The third-order valence-corrected chi connectivity index (χ3v) is 3.14. The fraction of sp³-hybridized carbons (Fsp3) is 0.364. The molecule has 3 nitrogen and oxygen atoms in total. The summed E-state index contributed by atoms with van der Waals surface area (Å²) in [4.78, 5) is 0. The van der Waals surface area contributed by atoms with E-state index in [0.717, 1.165) is 26.9 Å². The van der Waals surface area contributed by atoms with Crippen molar-refractivity contribution < 1.29 is 9.47 Å². The average molecular weight is 349 g/mol. The summed E-state index contributed by atoms with van der Waals surface area (Å²) >= 11 is 6.79. The van der Waals surface area contributed by atoms with Gasteiger partial charge in [0.25, 0.3) is 0 Å². The second-order valence-electron chi connectivity index (χ2n) is 3.03. The molecule has 86 valence electrons. The summed E-state index contributed by atoms with van der Waals surface area (Å²) in [5.41, 5.74) is 0. The molecule has 0 radical (unpaired) electrons. The van der Waals surface area contributed by atoms with E-state index in [2.05, 4.69) is 37.9 Å². The summed E-state index contributed by atoms with van der Waals surface area (Å²) in [6, 6.07) is 5.76. The van der Waals surface area contributed by atoms with Crippen molar-refractivity contribution in [3.8, 4) is 17.6 Å². The molecule has 0 saturated carbocycles. The van der Waals surface area contributed by atoms with E-state index in [-0.39, 0.29) is 0 Å². The molecule has 16 heavy (non-hydrogen) atoms. The second-order valence-corrected chi connectivity index (χ2v) is 4.74. The first-order valence-corrected chi connectivity index (χ1v) is 6.30. The van der Waals surface area contributed by atoms with Crippen LogP contribution in [-0.2, 0) is 0 Å². The van der Waals surface area contributed by atoms with Crippen molar-refractivity contribution in [3.05, 3.63) is 21.1 Å². The molecule has 0 spiro atoms. The van der Waals surface area contributed by atoms with E-state index in [1.54, 1.807) is 7.11 Å². The van der Waals surface area contributed by atoms with Gasteiger partial charge in [0.05, 0.1) is 28.7 Å². The second kappa shape index (κ2) is 6.77. The highest BCUT2D eigenvalue weighted by Gasteiger charge is 2.07. The number of methoxy groups -OCH3 is 1. The Kier molecular flexibility index (Phi) is 5.64. The molecular formula is C11H11Br2NO2. The zero-order valence-electron chi connectivity index (χ0n) is 8.80. The number of nitrogens with zero attached hydrogens (tertiary/aromatic N) is 1. The van der Waals surface area contributed by atoms with Gasteiger partial charge >= 0.3 is 0 Å². The summed E-state index contributed by atoms with van der Waals surface area (Å²) in [5.74, 6) is 1.49. The Balaban J connectivity index is 2.67. The van der Waals surface area contributed by atoms with Crippen LogP contribution in [0.2, 0.25) is 0 Å². The Hall–Kier alpha value is -0.730. The lowest BCUT2D eigenvalue weighted by Gasteiger charge is -2.10. The van der Waals surface area contributed by atoms with Crippen LogP contribution in [0.25, 0.3) is 0 Å². The van der Waals surface area contributed by atoms with Crippen LogP contribution in [0, 0.1) is 11.3 Å². The van der Waals surface area contributed by atoms with Crippen LogP contribution >= 0.6 is 31.9 Å². The van der Waals surface area contributed by atoms with Gasteiger partial charge in [0.15, 0.2) is 0 Å². The fourth-order valence-corrected chi connectivity index (χ4v) is 2.03. The van der Waals surface area contributed by atoms with E-state index in [4.69, 9.17) is 14.7 Å². The van der Waals surface area contributed by atoms with E-state index < -0.39 is 0 Å². The number of ether oxygens (including phenoxy) is 2. The van der Waals surface area contributed by atoms with Gasteiger partial charge in [-0.3, -0.25) is 0 Å². The maximum absolute atomic E-state index is 8.39. The topological polar surface area (TPSA) is 42.2 Å². The summed E-state index contributed by atoms with van der Waals surface area (Å²) in [7, 11) is 1.61. The van der Waals surface area contributed by atoms with Gasteiger partial charge < -0.3 is 9.47 Å². The van der Waals surface area contributed by atoms with Crippen LogP contribution in [0.15, 0.2) is 21.1 Å². The highest BCUT2D eigenvalue weighted by molar-refractivity contribution is 9.11. The van der Waals surface area contributed by atoms with Crippen molar-refractivity contribution in [1.29, 1.82) is 5.26 Å². The van der Waals surface area contributed by atoms with Crippen molar-refractivity contribution >= 4 is 31.9 Å². The zero-order valence-corrected chi connectivity index (χ0v) is 12.0. The van der Waals surface area contributed by atoms with Crippen molar-refractivity contribution in [2.24, 2.45) is 0 Å². The first-order valence-electron chi connectivity index (χ1n) is 4.71. The van der Waals surface area contributed by atoms with Crippen LogP contribution in [0.5, 0.6) is 11.5 Å². The molecule has 0 fully saturated rings. The third-order valence-electron chi connectivity index (χ3n) is 1.90. The normalized spacial score (nSPS) is 9.62. The van der Waals surface area contributed by atoms with Crippen molar-refractivity contribution in [3.63, 3.8) is 0 Å². The van der Waals surface area contributed by atoms with Crippen LogP contribution in [0.4, 0.5) is 0 Å². The number of benzene rings is 1. The number of nitriles is 1. The smallest absolute Gasteiger partial charge is 0.134 e. The molecule has 0 saturated heterocycles. The summed E-state index contributed by atoms with van der Waals surface area (Å²) in [5, 5.41) is 8.39. The van der Waals surface area contributed by atoms with Gasteiger partial charge in [-0.05, 0) is 50.4 Å². The molecule has 0 N–H and O–H groups in total. The minimum Gasteiger partial charge on any atom is -0.496 e. The molecule has 1 aromatic rings. The molecule has 0 heterocycles. The van der Waals surface area contributed by atoms with Gasteiger partial charge in [-0.1, -0.05) is 0 Å². The molecule has 0 aliphatic rings. The molecule has 1 rings (SSSR count). The standard InChI is InChI=1S/C11H11Br2NO2/c1-15-10-6-9(13)11(7-8(10)12)16-5-3-2-4-14/h6-7H,2-3,5H2,1H3. The van der Waals surface area contributed by atoms with Crippen molar-refractivity contribution in [1.82, 2.24) is 0 Å². The molecule has 0 aliphatic heterocycles. The molecule has 0 aromatic heterocycles. The lowest BCUT2D eigenvalue weighted by molar-refractivity contribution is 0.309. The Morgan fingerprint density at radius 2 is 1.88 bits per heavy atom. The van der Waals surface area contributed by atoms with Gasteiger partial charge in [0.1, 0.15) is 11.5 Å². The zero-order chi connectivity index (χ0) is 12.0. The van der Waals surface area contributed by atoms with Gasteiger partial charge in [-0.15, -0.1) is 0 Å². The SMILES string of the molecule is COc1cc(Br)c(OCCCC#N)cc1Br. The molecular weight excluding hydrogens is 338 g/mol. The van der Waals surface area contributed by atoms with Crippen LogP contribution in [0.3, 0.4) is 0 Å². The van der Waals surface area contributed by atoms with E-state index in [0.29, 0.717) is 13.0 Å². The molecule has 0 atom stereocenters. The molecule has 5 heteroatoms. The van der Waals surface area contributed by atoms with Crippen molar-refractivity contribution in [2.75, 3.05) is 13.7 Å². The lowest BCUT2D eigenvalue weighted by atomic mass is 10.3. The van der Waals surface area contributed by atoms with E-state index >= 15 is 0 Å². The van der Waals surface area contributed by atoms with Gasteiger partial charge in [0.2, 0.25) is 0 Å². The lowest BCUT2D eigenvalue weighted by Crippen LogP contribution is -1.98. The van der Waals surface area contributed by atoms with Crippen LogP contribution in [0.1, 0.15) is 12.8 Å². The van der Waals surface area contributed by atoms with Gasteiger partial charge in [-0.2, -0.15) is 5.26 Å². The first kappa shape index (κ1) is 13.3. The van der Waals surface area contributed by atoms with Gasteiger partial charge in [0, 0.05) is 6.42 Å². The third kappa shape index (κ3) is 3.69. The number of rotatable bonds is 5. The largest absolute Gasteiger partial charge is 0.496 e. The Morgan fingerprint density at radius 1 is 1.25 bits per heavy atom. The average Bonchev–Trinajstić information content (AvgIpc) is 2.28. The Bertz CT molecular complexity index is 402. The summed E-state index contributed by atoms with van der Waals surface area (Å²) in [6.45, 7) is 0.533. The maximum Gasteiger partial charge on any atom is 0.134 e. The van der Waals surface area contributed by atoms with Crippen molar-refractivity contribution in [2.45, 2.75) is 12.8 Å². The number of unbranched alkanes of at least 4 members (excludes halogenated alkanes) is 1. The number of hydrogen-bond acceptors (Lipinski definition) is 3. The maximum atomic E-state index is 8.39. The van der Waals surface area contributed by atoms with Crippen LogP contribution < -0.4 is 9.47 Å². The number of hydrogen-bond donors (Lipinski definition) is 0. The van der Waals surface area contributed by atoms with E-state index in [1.807, 2.05) is 12.1 Å². The fourth-order valence-electron chi connectivity index (χ4n) is 1.11. The highest BCUT2D eigenvalue weighted by Crippen LogP contribution is 2.35. The summed E-state index contributed by atoms with van der Waals surface area (Å²) in [6.07, 6.45) is 1.24. The van der Waals surface area contributed by atoms with Crippen LogP contribution in [-0.4, -0.2) is 13.7 Å².